The molecule has 0 amide bonds. The molecular formula is C15H17BF4O3. The standard InChI is InChI=1S/C15H17BF4O3/c1-13(2)14(3,4)23-16(22-13)12(17)9-10-5-7-11(8-6-10)21-15(18,19)20/h5-9H,1-4H3. The minimum Gasteiger partial charge on any atom is -0.406 e. The van der Waals surface area contributed by atoms with Crippen LogP contribution < -0.4 is 4.74 Å². The molecule has 1 saturated heterocycles. The van der Waals surface area contributed by atoms with E-state index in [2.05, 4.69) is 4.74 Å². The molecule has 0 saturated carbocycles. The van der Waals surface area contributed by atoms with Crippen LogP contribution in [0.25, 0.3) is 6.08 Å². The lowest BCUT2D eigenvalue weighted by molar-refractivity contribution is -0.274. The van der Waals surface area contributed by atoms with Gasteiger partial charge in [-0.1, -0.05) is 12.1 Å². The molecule has 126 valence electrons. The fourth-order valence-corrected chi connectivity index (χ4v) is 1.95. The molecule has 1 fully saturated rings. The van der Waals surface area contributed by atoms with E-state index in [1.807, 2.05) is 0 Å². The van der Waals surface area contributed by atoms with E-state index >= 15 is 0 Å². The van der Waals surface area contributed by atoms with Crippen LogP contribution in [0.1, 0.15) is 33.3 Å². The van der Waals surface area contributed by atoms with Gasteiger partial charge in [-0.2, -0.15) is 0 Å². The Morgan fingerprint density at radius 3 is 1.96 bits per heavy atom. The molecule has 23 heavy (non-hydrogen) atoms. The number of rotatable bonds is 3. The van der Waals surface area contributed by atoms with Crippen LogP contribution >= 0.6 is 0 Å². The number of ether oxygens (including phenoxy) is 1. The second-order valence-electron chi connectivity index (χ2n) is 6.23. The summed E-state index contributed by atoms with van der Waals surface area (Å²) in [5, 5.41) is 0. The molecule has 1 aliphatic rings. The number of halogens is 4. The van der Waals surface area contributed by atoms with Crippen molar-refractivity contribution in [3.8, 4) is 5.75 Å². The molecule has 3 nitrogen and oxygen atoms in total. The molecule has 1 aromatic rings. The monoisotopic (exact) mass is 332 g/mol. The van der Waals surface area contributed by atoms with Gasteiger partial charge in [0.2, 0.25) is 0 Å². The highest BCUT2D eigenvalue weighted by Crippen LogP contribution is 2.39. The third-order valence-corrected chi connectivity index (χ3v) is 3.90. The van der Waals surface area contributed by atoms with E-state index in [-0.39, 0.29) is 5.75 Å². The number of benzene rings is 1. The maximum absolute atomic E-state index is 14.3. The molecule has 0 bridgehead atoms. The van der Waals surface area contributed by atoms with Crippen LogP contribution in [0.4, 0.5) is 17.6 Å². The van der Waals surface area contributed by atoms with Crippen LogP contribution in [0, 0.1) is 0 Å². The molecule has 0 aromatic heterocycles. The molecule has 0 unspecified atom stereocenters. The molecular weight excluding hydrogens is 315 g/mol. The van der Waals surface area contributed by atoms with E-state index in [1.54, 1.807) is 27.7 Å². The zero-order valence-corrected chi connectivity index (χ0v) is 13.2. The highest BCUT2D eigenvalue weighted by Gasteiger charge is 2.53. The Morgan fingerprint density at radius 1 is 1.04 bits per heavy atom. The maximum Gasteiger partial charge on any atom is 0.573 e. The van der Waals surface area contributed by atoms with Crippen LogP contribution in [0.15, 0.2) is 30.0 Å². The van der Waals surface area contributed by atoms with E-state index in [1.165, 1.54) is 12.1 Å². The third-order valence-electron chi connectivity index (χ3n) is 3.90. The average Bonchev–Trinajstić information content (AvgIpc) is 2.59. The van der Waals surface area contributed by atoms with Crippen molar-refractivity contribution in [1.82, 2.24) is 0 Å². The molecule has 1 heterocycles. The van der Waals surface area contributed by atoms with Crippen LogP contribution in [0.2, 0.25) is 0 Å². The molecule has 0 N–H and O–H groups in total. The first-order valence-electron chi connectivity index (χ1n) is 6.98. The third kappa shape index (κ3) is 4.26. The van der Waals surface area contributed by atoms with Crippen LogP contribution in [-0.2, 0) is 9.31 Å². The fraction of sp³-hybridized carbons (Fsp3) is 0.467. The summed E-state index contributed by atoms with van der Waals surface area (Å²) in [6, 6.07) is 4.84. The van der Waals surface area contributed by atoms with Gasteiger partial charge in [-0.05, 0) is 51.5 Å². The van der Waals surface area contributed by atoms with Crippen molar-refractivity contribution in [2.45, 2.75) is 45.3 Å². The van der Waals surface area contributed by atoms with Crippen molar-refractivity contribution >= 4 is 13.2 Å². The summed E-state index contributed by atoms with van der Waals surface area (Å²) in [5.41, 5.74) is -1.64. The molecule has 0 radical (unpaired) electrons. The molecule has 0 aliphatic carbocycles. The quantitative estimate of drug-likeness (QED) is 0.601. The molecule has 2 rings (SSSR count). The van der Waals surface area contributed by atoms with Gasteiger partial charge in [0.25, 0.3) is 0 Å². The highest BCUT2D eigenvalue weighted by molar-refractivity contribution is 6.54. The summed E-state index contributed by atoms with van der Waals surface area (Å²) in [4.78, 5) is 0. The Morgan fingerprint density at radius 2 is 1.52 bits per heavy atom. The van der Waals surface area contributed by atoms with Gasteiger partial charge >= 0.3 is 13.5 Å². The zero-order chi connectivity index (χ0) is 17.5. The van der Waals surface area contributed by atoms with Crippen LogP contribution in [-0.4, -0.2) is 24.7 Å². The van der Waals surface area contributed by atoms with Crippen molar-refractivity contribution in [2.24, 2.45) is 0 Å². The van der Waals surface area contributed by atoms with Gasteiger partial charge in [-0.25, -0.2) is 4.39 Å². The Hall–Kier alpha value is -1.54. The lowest BCUT2D eigenvalue weighted by atomic mass is 9.87. The lowest BCUT2D eigenvalue weighted by Gasteiger charge is -2.32. The van der Waals surface area contributed by atoms with Crippen LogP contribution in [0.5, 0.6) is 5.75 Å². The van der Waals surface area contributed by atoms with Gasteiger partial charge in [0.05, 0.1) is 11.2 Å². The summed E-state index contributed by atoms with van der Waals surface area (Å²) in [6.07, 6.45) is -3.61. The van der Waals surface area contributed by atoms with Gasteiger partial charge in [0.1, 0.15) is 11.5 Å². The summed E-state index contributed by atoms with van der Waals surface area (Å²) < 4.78 is 65.3. The average molecular weight is 332 g/mol. The normalized spacial score (nSPS) is 20.7. The van der Waals surface area contributed by atoms with Crippen molar-refractivity contribution in [3.63, 3.8) is 0 Å². The Balaban J connectivity index is 2.10. The lowest BCUT2D eigenvalue weighted by Crippen LogP contribution is -2.41. The summed E-state index contributed by atoms with van der Waals surface area (Å²) in [6.45, 7) is 7.18. The molecule has 1 aliphatic heterocycles. The van der Waals surface area contributed by atoms with E-state index in [4.69, 9.17) is 9.31 Å². The van der Waals surface area contributed by atoms with Crippen molar-refractivity contribution in [2.75, 3.05) is 0 Å². The topological polar surface area (TPSA) is 27.7 Å². The Kier molecular flexibility index (Phi) is 4.52. The van der Waals surface area contributed by atoms with Crippen molar-refractivity contribution in [1.29, 1.82) is 0 Å². The van der Waals surface area contributed by atoms with Gasteiger partial charge in [-0.15, -0.1) is 13.2 Å². The predicted molar refractivity (Wildman–Crippen MR) is 78.3 cm³/mol. The Bertz CT molecular complexity index is 578. The SMILES string of the molecule is CC1(C)OB(C(F)=Cc2ccc(OC(F)(F)F)cc2)OC1(C)C. The molecule has 0 spiro atoms. The van der Waals surface area contributed by atoms with Gasteiger partial charge < -0.3 is 14.0 Å². The van der Waals surface area contributed by atoms with E-state index < -0.39 is 30.4 Å². The number of hydrogen-bond donors (Lipinski definition) is 0. The van der Waals surface area contributed by atoms with Gasteiger partial charge in [-0.3, -0.25) is 0 Å². The second-order valence-corrected chi connectivity index (χ2v) is 6.23. The Labute approximate surface area is 132 Å². The predicted octanol–water partition coefficient (Wildman–Crippen LogP) is 4.53. The summed E-state index contributed by atoms with van der Waals surface area (Å²) in [5.74, 6) is -0.370. The number of alkyl halides is 3. The molecule has 0 atom stereocenters. The highest BCUT2D eigenvalue weighted by atomic mass is 19.4. The minimum absolute atomic E-state index is 0.367. The molecule has 8 heteroatoms. The fourth-order valence-electron chi connectivity index (χ4n) is 1.95. The van der Waals surface area contributed by atoms with Crippen molar-refractivity contribution in [3.05, 3.63) is 35.6 Å². The second kappa shape index (κ2) is 5.83. The summed E-state index contributed by atoms with van der Waals surface area (Å²) in [7, 11) is -1.15. The van der Waals surface area contributed by atoms with Gasteiger partial charge in [0.15, 0.2) is 0 Å². The smallest absolute Gasteiger partial charge is 0.406 e. The first kappa shape index (κ1) is 17.8. The number of hydrogen-bond acceptors (Lipinski definition) is 3. The molecule has 1 aromatic carbocycles. The zero-order valence-electron chi connectivity index (χ0n) is 13.2. The van der Waals surface area contributed by atoms with E-state index in [9.17, 15) is 17.6 Å². The largest absolute Gasteiger partial charge is 0.573 e. The van der Waals surface area contributed by atoms with E-state index in [0.29, 0.717) is 5.56 Å². The minimum atomic E-state index is -4.76. The van der Waals surface area contributed by atoms with Gasteiger partial charge in [0, 0.05) is 0 Å². The van der Waals surface area contributed by atoms with E-state index in [0.717, 1.165) is 18.2 Å². The first-order valence-corrected chi connectivity index (χ1v) is 6.98. The van der Waals surface area contributed by atoms with Crippen LogP contribution in [0.3, 0.4) is 0 Å². The first-order chi connectivity index (χ1) is 10.4. The maximum atomic E-state index is 14.3. The van der Waals surface area contributed by atoms with Crippen molar-refractivity contribution < 1.29 is 31.6 Å². The summed E-state index contributed by atoms with van der Waals surface area (Å²) >= 11 is 0.